The van der Waals surface area contributed by atoms with Crippen LogP contribution in [0.4, 0.5) is 13.2 Å². The standard InChI is InChI=1S/C12H4BrCl2F3N2/c13-9-6(4-19)10(20-11(9)12(16,17)18)5-1-2-7(14)8(15)3-5/h1-3,20H. The Kier molecular flexibility index (Phi) is 4.05. The third kappa shape index (κ3) is 2.66. The molecule has 0 radical (unpaired) electrons. The largest absolute Gasteiger partial charge is 0.432 e. The quantitative estimate of drug-likeness (QED) is 0.679. The maximum absolute atomic E-state index is 12.8. The lowest BCUT2D eigenvalue weighted by Gasteiger charge is -2.04. The number of rotatable bonds is 1. The van der Waals surface area contributed by atoms with Gasteiger partial charge in [-0.25, -0.2) is 0 Å². The molecule has 0 saturated heterocycles. The maximum Gasteiger partial charge on any atom is 0.432 e. The second-order valence-electron chi connectivity index (χ2n) is 3.80. The van der Waals surface area contributed by atoms with Crippen molar-refractivity contribution < 1.29 is 13.2 Å². The summed E-state index contributed by atoms with van der Waals surface area (Å²) in [5.41, 5.74) is -0.789. The number of halogens is 6. The summed E-state index contributed by atoms with van der Waals surface area (Å²) in [5.74, 6) is 0. The molecule has 0 unspecified atom stereocenters. The van der Waals surface area contributed by atoms with Gasteiger partial charge in [0.1, 0.15) is 11.8 Å². The molecule has 8 heteroatoms. The van der Waals surface area contributed by atoms with E-state index in [4.69, 9.17) is 28.5 Å². The molecule has 0 spiro atoms. The number of nitrogens with one attached hydrogen (secondary N) is 1. The molecule has 0 atom stereocenters. The van der Waals surface area contributed by atoms with Crippen molar-refractivity contribution in [1.82, 2.24) is 4.98 Å². The van der Waals surface area contributed by atoms with Crippen molar-refractivity contribution in [2.24, 2.45) is 0 Å². The highest BCUT2D eigenvalue weighted by Crippen LogP contribution is 2.41. The van der Waals surface area contributed by atoms with E-state index >= 15 is 0 Å². The molecule has 2 nitrogen and oxygen atoms in total. The molecule has 0 aliphatic heterocycles. The molecule has 2 rings (SSSR count). The lowest BCUT2D eigenvalue weighted by Crippen LogP contribution is -2.06. The van der Waals surface area contributed by atoms with Gasteiger partial charge >= 0.3 is 6.18 Å². The molecule has 1 aromatic carbocycles. The van der Waals surface area contributed by atoms with E-state index in [1.165, 1.54) is 18.2 Å². The van der Waals surface area contributed by atoms with Crippen molar-refractivity contribution in [1.29, 1.82) is 5.26 Å². The van der Waals surface area contributed by atoms with Gasteiger partial charge in [-0.2, -0.15) is 18.4 Å². The lowest BCUT2D eigenvalue weighted by molar-refractivity contribution is -0.141. The first-order chi connectivity index (χ1) is 9.25. The summed E-state index contributed by atoms with van der Waals surface area (Å²) >= 11 is 14.4. The zero-order valence-electron chi connectivity index (χ0n) is 9.45. The highest BCUT2D eigenvalue weighted by Gasteiger charge is 2.37. The molecular formula is C12H4BrCl2F3N2. The summed E-state index contributed by atoms with van der Waals surface area (Å²) in [7, 11) is 0. The number of nitrogens with zero attached hydrogens (tertiary/aromatic N) is 1. The fraction of sp³-hybridized carbons (Fsp3) is 0.0833. The summed E-state index contributed by atoms with van der Waals surface area (Å²) in [4.78, 5) is 2.21. The highest BCUT2D eigenvalue weighted by atomic mass is 79.9. The van der Waals surface area contributed by atoms with E-state index in [9.17, 15) is 13.2 Å². The Hall–Kier alpha value is -1.16. The molecule has 2 aromatic rings. The van der Waals surface area contributed by atoms with Crippen LogP contribution in [0.5, 0.6) is 0 Å². The predicted molar refractivity (Wildman–Crippen MR) is 73.7 cm³/mol. The number of nitriles is 1. The molecule has 0 bridgehead atoms. The zero-order valence-corrected chi connectivity index (χ0v) is 12.5. The molecule has 0 aliphatic rings. The molecular weight excluding hydrogens is 380 g/mol. The SMILES string of the molecule is N#Cc1c(-c2ccc(Cl)c(Cl)c2)[nH]c(C(F)(F)F)c1Br. The average molecular weight is 384 g/mol. The summed E-state index contributed by atoms with van der Waals surface area (Å²) in [5, 5.41) is 9.50. The van der Waals surface area contributed by atoms with Gasteiger partial charge in [-0.3, -0.25) is 0 Å². The first-order valence-electron chi connectivity index (χ1n) is 5.10. The van der Waals surface area contributed by atoms with Gasteiger partial charge in [0.05, 0.1) is 25.8 Å². The number of aromatic nitrogens is 1. The normalized spacial score (nSPS) is 11.4. The zero-order chi connectivity index (χ0) is 15.1. The van der Waals surface area contributed by atoms with E-state index in [1.807, 2.05) is 0 Å². The molecule has 1 N–H and O–H groups in total. The van der Waals surface area contributed by atoms with Gasteiger partial charge in [0, 0.05) is 5.56 Å². The van der Waals surface area contributed by atoms with Crippen LogP contribution >= 0.6 is 39.1 Å². The van der Waals surface area contributed by atoms with E-state index in [0.29, 0.717) is 5.56 Å². The Labute approximate surface area is 130 Å². The van der Waals surface area contributed by atoms with Gasteiger partial charge in [0.25, 0.3) is 0 Å². The molecule has 0 fully saturated rings. The van der Waals surface area contributed by atoms with Crippen molar-refractivity contribution in [2.45, 2.75) is 6.18 Å². The summed E-state index contributed by atoms with van der Waals surface area (Å²) in [6, 6.07) is 6.05. The van der Waals surface area contributed by atoms with Crippen molar-refractivity contribution >= 4 is 39.1 Å². The van der Waals surface area contributed by atoms with Gasteiger partial charge in [-0.1, -0.05) is 29.3 Å². The van der Waals surface area contributed by atoms with Crippen LogP contribution in [0.15, 0.2) is 22.7 Å². The first kappa shape index (κ1) is 15.2. The number of alkyl halides is 3. The van der Waals surface area contributed by atoms with Crippen LogP contribution < -0.4 is 0 Å². The topological polar surface area (TPSA) is 39.6 Å². The highest BCUT2D eigenvalue weighted by molar-refractivity contribution is 9.10. The minimum atomic E-state index is -4.60. The average Bonchev–Trinajstić information content (AvgIpc) is 2.69. The Morgan fingerprint density at radius 3 is 2.35 bits per heavy atom. The van der Waals surface area contributed by atoms with Gasteiger partial charge in [-0.05, 0) is 28.1 Å². The first-order valence-corrected chi connectivity index (χ1v) is 6.64. The third-order valence-electron chi connectivity index (χ3n) is 2.54. The minimum absolute atomic E-state index is 0.0327. The molecule has 0 aliphatic carbocycles. The Bertz CT molecular complexity index is 717. The second-order valence-corrected chi connectivity index (χ2v) is 5.41. The van der Waals surface area contributed by atoms with Crippen LogP contribution in [0.25, 0.3) is 11.3 Å². The van der Waals surface area contributed by atoms with E-state index in [-0.39, 0.29) is 25.8 Å². The van der Waals surface area contributed by atoms with Crippen molar-refractivity contribution in [3.63, 3.8) is 0 Å². The molecule has 0 saturated carbocycles. The van der Waals surface area contributed by atoms with E-state index in [0.717, 1.165) is 0 Å². The van der Waals surface area contributed by atoms with Gasteiger partial charge in [0.15, 0.2) is 0 Å². The van der Waals surface area contributed by atoms with Gasteiger partial charge in [0.2, 0.25) is 0 Å². The van der Waals surface area contributed by atoms with Crippen LogP contribution in [0.2, 0.25) is 10.0 Å². The molecule has 20 heavy (non-hydrogen) atoms. The van der Waals surface area contributed by atoms with Crippen LogP contribution in [0.1, 0.15) is 11.3 Å². The fourth-order valence-corrected chi connectivity index (χ4v) is 2.55. The second kappa shape index (κ2) is 5.32. The van der Waals surface area contributed by atoms with Crippen molar-refractivity contribution in [2.75, 3.05) is 0 Å². The Morgan fingerprint density at radius 1 is 1.20 bits per heavy atom. The molecule has 1 heterocycles. The monoisotopic (exact) mass is 382 g/mol. The fourth-order valence-electron chi connectivity index (χ4n) is 1.65. The van der Waals surface area contributed by atoms with Crippen molar-refractivity contribution in [3.05, 3.63) is 44.0 Å². The third-order valence-corrected chi connectivity index (χ3v) is 4.07. The number of benzene rings is 1. The Morgan fingerprint density at radius 2 is 1.85 bits per heavy atom. The van der Waals surface area contributed by atoms with Crippen LogP contribution in [-0.2, 0) is 6.18 Å². The minimum Gasteiger partial charge on any atom is -0.349 e. The maximum atomic E-state index is 12.8. The van der Waals surface area contributed by atoms with E-state index in [1.54, 1.807) is 6.07 Å². The molecule has 1 aromatic heterocycles. The van der Waals surface area contributed by atoms with E-state index < -0.39 is 11.9 Å². The number of H-pyrrole nitrogens is 1. The van der Waals surface area contributed by atoms with Gasteiger partial charge < -0.3 is 4.98 Å². The van der Waals surface area contributed by atoms with Crippen LogP contribution in [0.3, 0.4) is 0 Å². The van der Waals surface area contributed by atoms with E-state index in [2.05, 4.69) is 20.9 Å². The summed E-state index contributed by atoms with van der Waals surface area (Å²) < 4.78 is 38.1. The summed E-state index contributed by atoms with van der Waals surface area (Å²) in [6.45, 7) is 0. The molecule has 104 valence electrons. The smallest absolute Gasteiger partial charge is 0.349 e. The predicted octanol–water partition coefficient (Wildman–Crippen LogP) is 5.64. The van der Waals surface area contributed by atoms with Crippen molar-refractivity contribution in [3.8, 4) is 17.3 Å². The molecule has 0 amide bonds. The lowest BCUT2D eigenvalue weighted by atomic mass is 10.1. The number of hydrogen-bond donors (Lipinski definition) is 1. The Balaban J connectivity index is 2.69. The summed E-state index contributed by atoms with van der Waals surface area (Å²) in [6.07, 6.45) is -4.60. The number of hydrogen-bond acceptors (Lipinski definition) is 1. The van der Waals surface area contributed by atoms with Gasteiger partial charge in [-0.15, -0.1) is 0 Å². The van der Waals surface area contributed by atoms with Crippen LogP contribution in [0, 0.1) is 11.3 Å². The van der Waals surface area contributed by atoms with Crippen LogP contribution in [-0.4, -0.2) is 4.98 Å². The number of aromatic amines is 1.